The third kappa shape index (κ3) is 5.68. The molecule has 0 saturated carbocycles. The van der Waals surface area contributed by atoms with Gasteiger partial charge in [0.1, 0.15) is 15.0 Å². The maximum Gasteiger partial charge on any atom is 0.419 e. The second-order valence-electron chi connectivity index (χ2n) is 6.21. The second-order valence-corrected chi connectivity index (χ2v) is 9.93. The van der Waals surface area contributed by atoms with E-state index in [2.05, 4.69) is 15.0 Å². The Kier molecular flexibility index (Phi) is 6.98. The van der Waals surface area contributed by atoms with Gasteiger partial charge in [0.25, 0.3) is 15.9 Å². The van der Waals surface area contributed by atoms with Gasteiger partial charge in [-0.15, -0.1) is 0 Å². The van der Waals surface area contributed by atoms with Gasteiger partial charge in [0, 0.05) is 12.1 Å². The number of hydrogen-bond acceptors (Lipinski definition) is 5. The zero-order chi connectivity index (χ0) is 23.7. The topological polar surface area (TPSA) is 88.2 Å². The van der Waals surface area contributed by atoms with Crippen molar-refractivity contribution in [1.82, 2.24) is 10.3 Å². The number of nitrogens with one attached hydrogen (secondary N) is 2. The van der Waals surface area contributed by atoms with Crippen molar-refractivity contribution in [1.29, 1.82) is 0 Å². The van der Waals surface area contributed by atoms with Crippen LogP contribution in [0.1, 0.15) is 21.5 Å². The lowest BCUT2D eigenvalue weighted by atomic mass is 10.1. The van der Waals surface area contributed by atoms with Crippen LogP contribution in [0.15, 0.2) is 47.5 Å². The highest BCUT2D eigenvalue weighted by Crippen LogP contribution is 2.32. The van der Waals surface area contributed by atoms with Gasteiger partial charge in [0.05, 0.1) is 16.8 Å². The highest BCUT2D eigenvalue weighted by atomic mass is 35.5. The first-order chi connectivity index (χ1) is 14.9. The number of halogens is 6. The predicted molar refractivity (Wildman–Crippen MR) is 112 cm³/mol. The van der Waals surface area contributed by atoms with Crippen molar-refractivity contribution in [3.8, 4) is 0 Å². The molecule has 2 aromatic carbocycles. The van der Waals surface area contributed by atoms with Crippen molar-refractivity contribution in [3.63, 3.8) is 0 Å². The molecule has 3 aromatic rings. The van der Waals surface area contributed by atoms with Gasteiger partial charge >= 0.3 is 6.18 Å². The molecule has 0 bridgehead atoms. The van der Waals surface area contributed by atoms with Crippen LogP contribution >= 0.6 is 34.5 Å². The van der Waals surface area contributed by atoms with Crippen LogP contribution in [0.25, 0.3) is 0 Å². The summed E-state index contributed by atoms with van der Waals surface area (Å²) in [5.41, 5.74) is -1.33. The van der Waals surface area contributed by atoms with Crippen LogP contribution in [-0.4, -0.2) is 19.3 Å². The smallest absolute Gasteiger partial charge is 0.348 e. The lowest BCUT2D eigenvalue weighted by molar-refractivity contribution is -0.140. The molecule has 14 heteroatoms. The summed E-state index contributed by atoms with van der Waals surface area (Å²) in [5.74, 6) is -2.16. The van der Waals surface area contributed by atoms with E-state index in [-0.39, 0.29) is 37.1 Å². The largest absolute Gasteiger partial charge is 0.419 e. The molecule has 0 aliphatic carbocycles. The summed E-state index contributed by atoms with van der Waals surface area (Å²) in [5, 5.41) is 2.16. The minimum absolute atomic E-state index is 0.0152. The molecule has 0 fully saturated rings. The summed E-state index contributed by atoms with van der Waals surface area (Å²) in [6, 6.07) is 5.68. The number of nitrogens with zero attached hydrogens (tertiary/aromatic N) is 1. The van der Waals surface area contributed by atoms with E-state index in [1.54, 1.807) is 0 Å². The number of anilines is 1. The summed E-state index contributed by atoms with van der Waals surface area (Å²) < 4.78 is 78.9. The summed E-state index contributed by atoms with van der Waals surface area (Å²) in [7, 11) is -4.11. The molecule has 0 unspecified atom stereocenters. The van der Waals surface area contributed by atoms with E-state index in [0.29, 0.717) is 12.1 Å². The first kappa shape index (κ1) is 24.2. The summed E-state index contributed by atoms with van der Waals surface area (Å²) in [6.45, 7) is -0.266. The molecule has 0 radical (unpaired) electrons. The van der Waals surface area contributed by atoms with Crippen LogP contribution in [-0.2, 0) is 22.7 Å². The van der Waals surface area contributed by atoms with Gasteiger partial charge in [0.15, 0.2) is 5.13 Å². The van der Waals surface area contributed by atoms with Crippen molar-refractivity contribution in [2.24, 2.45) is 0 Å². The zero-order valence-electron chi connectivity index (χ0n) is 15.5. The Balaban J connectivity index is 1.70. The van der Waals surface area contributed by atoms with E-state index in [0.717, 1.165) is 29.5 Å². The third-order valence-electron chi connectivity index (χ3n) is 3.97. The number of rotatable bonds is 6. The normalized spacial score (nSPS) is 11.9. The van der Waals surface area contributed by atoms with Gasteiger partial charge in [0.2, 0.25) is 0 Å². The predicted octanol–water partition coefficient (Wildman–Crippen LogP) is 5.34. The molecule has 0 spiro atoms. The third-order valence-corrected chi connectivity index (χ3v) is 6.96. The van der Waals surface area contributed by atoms with Crippen LogP contribution in [0.5, 0.6) is 0 Å². The van der Waals surface area contributed by atoms with Crippen molar-refractivity contribution >= 4 is 55.6 Å². The van der Waals surface area contributed by atoms with Gasteiger partial charge in [-0.1, -0.05) is 40.6 Å². The lowest BCUT2D eigenvalue weighted by Gasteiger charge is -2.11. The van der Waals surface area contributed by atoms with Crippen LogP contribution in [0.4, 0.5) is 22.7 Å². The Labute approximate surface area is 193 Å². The molecular formula is C18H11Cl2F4N3O3S2. The van der Waals surface area contributed by atoms with Crippen molar-refractivity contribution in [3.05, 3.63) is 74.5 Å². The molecular weight excluding hydrogens is 517 g/mol. The van der Waals surface area contributed by atoms with Crippen molar-refractivity contribution < 1.29 is 30.8 Å². The number of alkyl halides is 3. The van der Waals surface area contributed by atoms with Crippen LogP contribution in [0.3, 0.4) is 0 Å². The molecule has 0 aliphatic heterocycles. The monoisotopic (exact) mass is 527 g/mol. The van der Waals surface area contributed by atoms with Gasteiger partial charge in [-0.05, 0) is 35.9 Å². The Bertz CT molecular complexity index is 1280. The SMILES string of the molecule is O=C(NCc1ccc(C(F)(F)F)c(F)c1)c1ccc(S(=O)(=O)Nc2ncc(Cl)s2)c(Cl)c1. The number of carbonyl (C=O) groups excluding carboxylic acids is 1. The molecule has 3 rings (SSSR count). The van der Waals surface area contributed by atoms with Gasteiger partial charge in [-0.2, -0.15) is 13.2 Å². The molecule has 170 valence electrons. The molecule has 1 aromatic heterocycles. The standard InChI is InChI=1S/C18H11Cl2F4N3O3S2/c19-12-6-10(2-4-14(12)32(29,30)27-17-26-8-15(20)31-17)16(28)25-7-9-1-3-11(13(21)5-9)18(22,23)24/h1-6,8H,7H2,(H,25,28)(H,26,27). The number of thiazole rings is 1. The summed E-state index contributed by atoms with van der Waals surface area (Å²) in [4.78, 5) is 15.8. The molecule has 0 aliphatic rings. The average molecular weight is 528 g/mol. The Morgan fingerprint density at radius 2 is 1.84 bits per heavy atom. The Morgan fingerprint density at radius 1 is 1.12 bits per heavy atom. The number of sulfonamides is 1. The minimum atomic E-state index is -4.83. The molecule has 1 amide bonds. The summed E-state index contributed by atoms with van der Waals surface area (Å²) in [6.07, 6.45) is -3.56. The Hall–Kier alpha value is -2.41. The van der Waals surface area contributed by atoms with Crippen LogP contribution in [0.2, 0.25) is 9.36 Å². The molecule has 2 N–H and O–H groups in total. The molecule has 6 nitrogen and oxygen atoms in total. The summed E-state index contributed by atoms with van der Waals surface area (Å²) >= 11 is 12.6. The van der Waals surface area contributed by atoms with E-state index < -0.39 is 33.5 Å². The highest BCUT2D eigenvalue weighted by molar-refractivity contribution is 7.93. The molecule has 1 heterocycles. The van der Waals surface area contributed by atoms with Gasteiger partial charge in [-0.25, -0.2) is 17.8 Å². The quantitative estimate of drug-likeness (QED) is 0.423. The number of hydrogen-bond donors (Lipinski definition) is 2. The van der Waals surface area contributed by atoms with Crippen molar-refractivity contribution in [2.45, 2.75) is 17.6 Å². The van der Waals surface area contributed by atoms with E-state index in [1.807, 2.05) is 0 Å². The number of amides is 1. The fourth-order valence-corrected chi connectivity index (χ4v) is 5.11. The fraction of sp³-hybridized carbons (Fsp3) is 0.111. The first-order valence-corrected chi connectivity index (χ1v) is 11.5. The Morgan fingerprint density at radius 3 is 2.41 bits per heavy atom. The number of aromatic nitrogens is 1. The molecule has 0 saturated heterocycles. The zero-order valence-corrected chi connectivity index (χ0v) is 18.6. The second kappa shape index (κ2) is 9.22. The number of carbonyl (C=O) groups is 1. The molecule has 32 heavy (non-hydrogen) atoms. The minimum Gasteiger partial charge on any atom is -0.348 e. The van der Waals surface area contributed by atoms with Gasteiger partial charge in [-0.3, -0.25) is 9.52 Å². The first-order valence-electron chi connectivity index (χ1n) is 8.44. The maximum absolute atomic E-state index is 13.6. The van der Waals surface area contributed by atoms with Crippen LogP contribution in [0, 0.1) is 5.82 Å². The number of benzene rings is 2. The van der Waals surface area contributed by atoms with Gasteiger partial charge < -0.3 is 5.32 Å². The fourth-order valence-electron chi connectivity index (χ4n) is 2.51. The maximum atomic E-state index is 13.6. The van der Waals surface area contributed by atoms with E-state index in [4.69, 9.17) is 23.2 Å². The highest BCUT2D eigenvalue weighted by Gasteiger charge is 2.33. The van der Waals surface area contributed by atoms with E-state index in [1.165, 1.54) is 12.3 Å². The average Bonchev–Trinajstić information content (AvgIpc) is 3.08. The lowest BCUT2D eigenvalue weighted by Crippen LogP contribution is -2.23. The molecule has 0 atom stereocenters. The van der Waals surface area contributed by atoms with Crippen LogP contribution < -0.4 is 10.0 Å². The van der Waals surface area contributed by atoms with E-state index >= 15 is 0 Å². The van der Waals surface area contributed by atoms with E-state index in [9.17, 15) is 30.8 Å². The van der Waals surface area contributed by atoms with Crippen molar-refractivity contribution in [2.75, 3.05) is 4.72 Å².